The van der Waals surface area contributed by atoms with Crippen molar-refractivity contribution in [2.45, 2.75) is 19.1 Å². The van der Waals surface area contributed by atoms with Crippen LogP contribution in [-0.4, -0.2) is 43.9 Å². The number of methoxy groups -OCH3 is 1. The van der Waals surface area contributed by atoms with Crippen molar-refractivity contribution in [3.8, 4) is 11.5 Å². The van der Waals surface area contributed by atoms with Crippen molar-refractivity contribution in [3.63, 3.8) is 0 Å². The minimum atomic E-state index is -4.51. The number of aromatic nitrogens is 6. The van der Waals surface area contributed by atoms with E-state index in [0.717, 1.165) is 12.1 Å². The van der Waals surface area contributed by atoms with Crippen LogP contribution in [0.1, 0.15) is 12.0 Å². The fourth-order valence-electron chi connectivity index (χ4n) is 3.05. The Morgan fingerprint density at radius 3 is 2.70 bits per heavy atom. The smallest absolute Gasteiger partial charge is 0.416 e. The Morgan fingerprint density at radius 1 is 1.12 bits per heavy atom. The van der Waals surface area contributed by atoms with Gasteiger partial charge in [-0.25, -0.2) is 14.6 Å². The number of alkyl halides is 3. The Morgan fingerprint density at radius 2 is 1.97 bits per heavy atom. The molecule has 0 fully saturated rings. The number of hydrogen-bond acceptors (Lipinski definition) is 8. The summed E-state index contributed by atoms with van der Waals surface area (Å²) >= 11 is 6.11. The van der Waals surface area contributed by atoms with Crippen molar-refractivity contribution in [1.29, 1.82) is 0 Å². The van der Waals surface area contributed by atoms with Crippen LogP contribution >= 0.6 is 11.6 Å². The largest absolute Gasteiger partial charge is 0.493 e. The maximum Gasteiger partial charge on any atom is 0.416 e. The Bertz CT molecular complexity index is 1250. The summed E-state index contributed by atoms with van der Waals surface area (Å²) in [6.07, 6.45) is -1.05. The molecule has 0 bridgehead atoms. The van der Waals surface area contributed by atoms with Crippen LogP contribution in [0, 0.1) is 0 Å². The van der Waals surface area contributed by atoms with E-state index in [1.807, 2.05) is 0 Å². The van der Waals surface area contributed by atoms with Crippen LogP contribution < -0.4 is 14.8 Å². The van der Waals surface area contributed by atoms with E-state index in [2.05, 4.69) is 30.8 Å². The molecule has 4 rings (SSSR count). The molecule has 0 amide bonds. The molecule has 2 heterocycles. The third kappa shape index (κ3) is 5.22. The Hall–Kier alpha value is -3.67. The van der Waals surface area contributed by atoms with E-state index in [4.69, 9.17) is 21.1 Å². The summed E-state index contributed by atoms with van der Waals surface area (Å²) < 4.78 is 52.2. The second-order valence-electron chi connectivity index (χ2n) is 6.83. The number of fused-ring (bicyclic) bond motifs is 1. The van der Waals surface area contributed by atoms with Gasteiger partial charge in [-0.1, -0.05) is 11.6 Å². The predicted molar refractivity (Wildman–Crippen MR) is 114 cm³/mol. The lowest BCUT2D eigenvalue weighted by Gasteiger charge is -2.15. The van der Waals surface area contributed by atoms with Gasteiger partial charge in [-0.2, -0.15) is 13.2 Å². The van der Waals surface area contributed by atoms with E-state index in [1.165, 1.54) is 25.8 Å². The maximum atomic E-state index is 13.1. The van der Waals surface area contributed by atoms with E-state index in [-0.39, 0.29) is 16.5 Å². The predicted octanol–water partition coefficient (Wildman–Crippen LogP) is 4.51. The lowest BCUT2D eigenvalue weighted by Crippen LogP contribution is -2.07. The molecule has 4 aromatic rings. The number of nitrogens with one attached hydrogen (secondary N) is 1. The first-order valence-corrected chi connectivity index (χ1v) is 10.0. The van der Waals surface area contributed by atoms with Gasteiger partial charge in [0, 0.05) is 24.4 Å². The molecule has 0 aliphatic rings. The highest BCUT2D eigenvalue weighted by atomic mass is 35.5. The summed E-state index contributed by atoms with van der Waals surface area (Å²) in [4.78, 5) is 8.40. The number of aryl methyl sites for hydroxylation is 1. The maximum absolute atomic E-state index is 13.1. The van der Waals surface area contributed by atoms with Crippen molar-refractivity contribution < 1.29 is 22.6 Å². The summed E-state index contributed by atoms with van der Waals surface area (Å²) in [6, 6.07) is 6.34. The lowest BCUT2D eigenvalue weighted by atomic mass is 10.1. The van der Waals surface area contributed by atoms with Crippen molar-refractivity contribution in [2.75, 3.05) is 19.0 Å². The van der Waals surface area contributed by atoms with Gasteiger partial charge >= 0.3 is 6.18 Å². The van der Waals surface area contributed by atoms with E-state index >= 15 is 0 Å². The highest BCUT2D eigenvalue weighted by Gasteiger charge is 2.31. The number of hydrogen-bond donors (Lipinski definition) is 1. The molecule has 2 aromatic carbocycles. The SMILES string of the molecule is COc1cc2c(Nc3cc(C(F)(F)F)ccc3Cl)ncnc2cc1OCCCn1cnnn1. The van der Waals surface area contributed by atoms with Crippen LogP contribution in [0.4, 0.5) is 24.7 Å². The zero-order valence-electron chi connectivity index (χ0n) is 17.2. The molecule has 1 N–H and O–H groups in total. The molecule has 2 aromatic heterocycles. The zero-order valence-corrected chi connectivity index (χ0v) is 17.9. The second-order valence-corrected chi connectivity index (χ2v) is 7.24. The van der Waals surface area contributed by atoms with Gasteiger partial charge in [0.15, 0.2) is 11.5 Å². The minimum absolute atomic E-state index is 0.0633. The molecule has 9 nitrogen and oxygen atoms in total. The van der Waals surface area contributed by atoms with Gasteiger partial charge in [-0.3, -0.25) is 0 Å². The van der Waals surface area contributed by atoms with Crippen molar-refractivity contribution >= 4 is 34.0 Å². The highest BCUT2D eigenvalue weighted by molar-refractivity contribution is 6.33. The molecule has 33 heavy (non-hydrogen) atoms. The molecule has 172 valence electrons. The number of nitrogens with zero attached hydrogens (tertiary/aromatic N) is 6. The molecule has 0 radical (unpaired) electrons. The van der Waals surface area contributed by atoms with Crippen LogP contribution in [0.15, 0.2) is 43.0 Å². The molecule has 0 saturated heterocycles. The van der Waals surface area contributed by atoms with Gasteiger partial charge in [-0.15, -0.1) is 5.10 Å². The van der Waals surface area contributed by atoms with Crippen LogP contribution in [0.2, 0.25) is 5.02 Å². The molecule has 0 spiro atoms. The number of benzene rings is 2. The Balaban J connectivity index is 1.58. The standard InChI is InChI=1S/C20H17ClF3N7O2/c1-32-17-8-13-15(9-18(17)33-6-2-5-31-11-27-29-30-31)25-10-26-19(13)28-16-7-12(20(22,23)24)3-4-14(16)21/h3-4,7-11H,2,5-6H2,1H3,(H,25,26,28). The number of rotatable bonds is 8. The van der Waals surface area contributed by atoms with Crippen LogP contribution in [0.5, 0.6) is 11.5 Å². The first-order valence-electron chi connectivity index (χ1n) is 9.65. The number of anilines is 2. The van der Waals surface area contributed by atoms with Crippen molar-refractivity contribution in [3.05, 3.63) is 53.6 Å². The van der Waals surface area contributed by atoms with Gasteiger partial charge in [0.25, 0.3) is 0 Å². The van der Waals surface area contributed by atoms with E-state index < -0.39 is 11.7 Å². The summed E-state index contributed by atoms with van der Waals surface area (Å²) in [5, 5.41) is 14.4. The average molecular weight is 480 g/mol. The number of ether oxygens (including phenoxy) is 2. The monoisotopic (exact) mass is 479 g/mol. The first-order chi connectivity index (χ1) is 15.8. The fraction of sp³-hybridized carbons (Fsp3) is 0.250. The zero-order chi connectivity index (χ0) is 23.4. The summed E-state index contributed by atoms with van der Waals surface area (Å²) in [5.41, 5.74) is -0.261. The summed E-state index contributed by atoms with van der Waals surface area (Å²) in [7, 11) is 1.48. The minimum Gasteiger partial charge on any atom is -0.493 e. The average Bonchev–Trinajstić information content (AvgIpc) is 3.30. The molecule has 13 heteroatoms. The highest BCUT2D eigenvalue weighted by Crippen LogP contribution is 2.38. The summed E-state index contributed by atoms with van der Waals surface area (Å²) in [6.45, 7) is 0.953. The van der Waals surface area contributed by atoms with E-state index in [1.54, 1.807) is 16.8 Å². The van der Waals surface area contributed by atoms with E-state index in [0.29, 0.717) is 42.0 Å². The summed E-state index contributed by atoms with van der Waals surface area (Å²) in [5.74, 6) is 1.14. The quantitative estimate of drug-likeness (QED) is 0.368. The molecule has 0 saturated carbocycles. The molecular formula is C20H17ClF3N7O2. The first kappa shape index (κ1) is 22.5. The van der Waals surface area contributed by atoms with Gasteiger partial charge in [0.1, 0.15) is 18.5 Å². The molecule has 0 aliphatic heterocycles. The molecular weight excluding hydrogens is 463 g/mol. The van der Waals surface area contributed by atoms with Gasteiger partial charge < -0.3 is 14.8 Å². The topological polar surface area (TPSA) is 99.9 Å². The van der Waals surface area contributed by atoms with Crippen LogP contribution in [0.3, 0.4) is 0 Å². The molecule has 0 atom stereocenters. The van der Waals surface area contributed by atoms with Crippen molar-refractivity contribution in [2.24, 2.45) is 0 Å². The van der Waals surface area contributed by atoms with Gasteiger partial charge in [0.05, 0.1) is 35.5 Å². The van der Waals surface area contributed by atoms with Crippen LogP contribution in [0.25, 0.3) is 10.9 Å². The Labute approximate surface area is 190 Å². The lowest BCUT2D eigenvalue weighted by molar-refractivity contribution is -0.137. The third-order valence-corrected chi connectivity index (χ3v) is 4.98. The number of tetrazole rings is 1. The van der Waals surface area contributed by atoms with Gasteiger partial charge in [0.2, 0.25) is 0 Å². The molecule has 0 unspecified atom stereocenters. The number of halogens is 4. The van der Waals surface area contributed by atoms with Gasteiger partial charge in [-0.05, 0) is 34.7 Å². The second kappa shape index (κ2) is 9.45. The molecule has 0 aliphatic carbocycles. The van der Waals surface area contributed by atoms with Crippen molar-refractivity contribution in [1.82, 2.24) is 30.2 Å². The normalized spacial score (nSPS) is 11.5. The third-order valence-electron chi connectivity index (χ3n) is 4.65. The van der Waals surface area contributed by atoms with E-state index in [9.17, 15) is 13.2 Å². The van der Waals surface area contributed by atoms with Crippen LogP contribution in [-0.2, 0) is 12.7 Å². The fourth-order valence-corrected chi connectivity index (χ4v) is 3.22. The Kier molecular flexibility index (Phi) is 6.45.